The van der Waals surface area contributed by atoms with Gasteiger partial charge in [-0.05, 0) is 85.7 Å². The molecule has 3 fully saturated rings. The van der Waals surface area contributed by atoms with Gasteiger partial charge < -0.3 is 33.2 Å². The second-order valence-corrected chi connectivity index (χ2v) is 20.6. The average molecular weight is 877 g/mol. The number of carbonyl (C=O) groups is 1. The zero-order valence-corrected chi connectivity index (χ0v) is 36.3. The highest BCUT2D eigenvalue weighted by Gasteiger charge is 2.53. The van der Waals surface area contributed by atoms with E-state index in [1.165, 1.54) is 16.4 Å². The Hall–Kier alpha value is -4.71. The van der Waals surface area contributed by atoms with Crippen molar-refractivity contribution in [1.29, 1.82) is 0 Å². The van der Waals surface area contributed by atoms with E-state index in [0.717, 1.165) is 11.1 Å². The highest BCUT2D eigenvalue weighted by atomic mass is 32.2. The second kappa shape index (κ2) is 17.6. The maximum atomic E-state index is 14.4. The highest BCUT2D eigenvalue weighted by molar-refractivity contribution is 7.90. The maximum Gasteiger partial charge on any atom is 0.412 e. The Morgan fingerprint density at radius 2 is 1.59 bits per heavy atom. The number of fused-ring (bicyclic) bond motifs is 2. The molecule has 1 amide bonds. The van der Waals surface area contributed by atoms with Crippen molar-refractivity contribution in [3.05, 3.63) is 114 Å². The Bertz CT molecular complexity index is 2410. The fourth-order valence-electron chi connectivity index (χ4n) is 8.49. The summed E-state index contributed by atoms with van der Waals surface area (Å²) in [6, 6.07) is 27.0. The van der Waals surface area contributed by atoms with E-state index in [-0.39, 0.29) is 60.5 Å². The number of sulfonamides is 1. The molecular weight excluding hydrogens is 825 g/mol. The Labute approximate surface area is 357 Å². The van der Waals surface area contributed by atoms with Crippen LogP contribution in [-0.2, 0) is 57.6 Å². The van der Waals surface area contributed by atoms with Crippen molar-refractivity contribution in [2.45, 2.75) is 93.0 Å². The monoisotopic (exact) mass is 876 g/mol. The number of carbonyl (C=O) groups excluding carboxylic acids is 1. The van der Waals surface area contributed by atoms with E-state index in [4.69, 9.17) is 33.2 Å². The summed E-state index contributed by atoms with van der Waals surface area (Å²) in [4.78, 5) is 16.2. The van der Waals surface area contributed by atoms with Gasteiger partial charge >= 0.3 is 6.09 Å². The lowest BCUT2D eigenvalue weighted by molar-refractivity contribution is -0.0911. The van der Waals surface area contributed by atoms with Gasteiger partial charge in [0, 0.05) is 19.2 Å². The van der Waals surface area contributed by atoms with Gasteiger partial charge in [0.2, 0.25) is 16.8 Å². The first-order chi connectivity index (χ1) is 29.2. The lowest BCUT2D eigenvalue weighted by atomic mass is 9.99. The summed E-state index contributed by atoms with van der Waals surface area (Å²) in [5, 5.41) is 0. The number of hydrogen-bond donors (Lipinski definition) is 0. The topological polar surface area (TPSA) is 156 Å². The summed E-state index contributed by atoms with van der Waals surface area (Å²) in [7, 11) is -7.63. The molecule has 0 bridgehead atoms. The molecule has 4 heterocycles. The van der Waals surface area contributed by atoms with Gasteiger partial charge in [0.25, 0.3) is 0 Å². The lowest BCUT2D eigenvalue weighted by Crippen LogP contribution is -2.51. The van der Waals surface area contributed by atoms with Crippen molar-refractivity contribution in [3.8, 4) is 17.2 Å². The zero-order valence-electron chi connectivity index (χ0n) is 34.7. The number of sulfone groups is 1. The smallest absolute Gasteiger partial charge is 0.412 e. The lowest BCUT2D eigenvalue weighted by Gasteiger charge is -2.34. The van der Waals surface area contributed by atoms with E-state index in [2.05, 4.69) is 0 Å². The van der Waals surface area contributed by atoms with Gasteiger partial charge in [-0.1, -0.05) is 68.4 Å². The van der Waals surface area contributed by atoms with E-state index in [1.807, 2.05) is 56.3 Å². The Morgan fingerprint density at radius 3 is 2.34 bits per heavy atom. The van der Waals surface area contributed by atoms with Crippen molar-refractivity contribution < 1.29 is 54.8 Å². The molecule has 0 aliphatic carbocycles. The molecule has 4 aromatic rings. The quantitative estimate of drug-likeness (QED) is 0.127. The van der Waals surface area contributed by atoms with Crippen molar-refractivity contribution >= 4 is 26.0 Å². The van der Waals surface area contributed by atoms with Crippen LogP contribution in [-0.4, -0.2) is 95.5 Å². The predicted molar refractivity (Wildman–Crippen MR) is 223 cm³/mol. The molecule has 4 aliphatic rings. The number of benzene rings is 4. The third-order valence-corrected chi connectivity index (χ3v) is 15.0. The van der Waals surface area contributed by atoms with Crippen LogP contribution in [0.5, 0.6) is 17.2 Å². The van der Waals surface area contributed by atoms with Crippen molar-refractivity contribution in [3.63, 3.8) is 0 Å². The van der Waals surface area contributed by atoms with Crippen LogP contribution in [0.15, 0.2) is 107 Å². The number of rotatable bonds is 15. The third kappa shape index (κ3) is 9.39. The fourth-order valence-corrected chi connectivity index (χ4v) is 11.5. The zero-order chi connectivity index (χ0) is 42.9. The average Bonchev–Trinajstić information content (AvgIpc) is 4.03. The first kappa shape index (κ1) is 43.0. The molecule has 0 radical (unpaired) electrons. The largest absolute Gasteiger partial charge is 0.489 e. The van der Waals surface area contributed by atoms with Gasteiger partial charge in [-0.25, -0.2) is 21.6 Å². The summed E-state index contributed by atoms with van der Waals surface area (Å²) >= 11 is 0. The molecular formula is C45H52N2O12S2. The molecule has 0 spiro atoms. The van der Waals surface area contributed by atoms with E-state index >= 15 is 0 Å². The van der Waals surface area contributed by atoms with Gasteiger partial charge in [-0.3, -0.25) is 4.90 Å². The maximum absolute atomic E-state index is 14.4. The number of amides is 1. The first-order valence-corrected chi connectivity index (χ1v) is 23.6. The van der Waals surface area contributed by atoms with Crippen LogP contribution in [0.2, 0.25) is 0 Å². The Morgan fingerprint density at radius 1 is 0.869 bits per heavy atom. The molecule has 3 saturated heterocycles. The van der Waals surface area contributed by atoms with Gasteiger partial charge in [-0.2, -0.15) is 4.31 Å². The molecule has 0 saturated carbocycles. The summed E-state index contributed by atoms with van der Waals surface area (Å²) in [6.45, 7) is 8.52. The van der Waals surface area contributed by atoms with Crippen LogP contribution >= 0.6 is 0 Å². The second-order valence-electron chi connectivity index (χ2n) is 16.7. The SMILES string of the molecule is CC(C)CN(C[C@H]1OC(C)(C)N(C(=O)O[C@H]2CO[C@H]3OCC[C@H]32)[C@H]1Cc1ccc(OCc2ccccc2CS(=O)(=O)c2ccccc2)cc1)S(=O)(=O)c1ccc2c(c1)OCO2. The molecule has 0 N–H and O–H groups in total. The molecule has 4 aliphatic heterocycles. The molecule has 326 valence electrons. The Balaban J connectivity index is 1.03. The number of nitrogens with zero attached hydrogens (tertiary/aromatic N) is 2. The van der Waals surface area contributed by atoms with Crippen molar-refractivity contribution in [2.75, 3.05) is 33.1 Å². The molecule has 8 rings (SSSR count). The molecule has 5 atom stereocenters. The normalized spacial score (nSPS) is 23.1. The molecule has 0 unspecified atom stereocenters. The first-order valence-electron chi connectivity index (χ1n) is 20.5. The van der Waals surface area contributed by atoms with Gasteiger partial charge in [0.15, 0.2) is 27.6 Å². The van der Waals surface area contributed by atoms with E-state index < -0.39 is 56.2 Å². The highest BCUT2D eigenvalue weighted by Crippen LogP contribution is 2.40. The standard InChI is InChI=1S/C45H52N2O12S2/c1-30(2)24-46(61(51,52)36-18-19-39-40(23-36)57-29-56-39)25-41-38(47(45(3,4)59-41)44(48)58-42-27-55-43-37(42)20-21-53-43)22-31-14-16-34(17-15-31)54-26-32-10-8-9-11-33(32)28-60(49,50)35-12-6-5-7-13-35/h5-19,23,30,37-38,41-43H,20-22,24-29H2,1-4H3/t37-,38-,41+,42-,43+/m0/s1. The van der Waals surface area contributed by atoms with Crippen molar-refractivity contribution in [1.82, 2.24) is 9.21 Å². The van der Waals surface area contributed by atoms with Gasteiger partial charge in [0.05, 0.1) is 46.8 Å². The number of ether oxygens (including phenoxy) is 7. The molecule has 16 heteroatoms. The van der Waals surface area contributed by atoms with E-state index in [1.54, 1.807) is 61.2 Å². The minimum Gasteiger partial charge on any atom is -0.489 e. The van der Waals surface area contributed by atoms with Crippen LogP contribution in [0.1, 0.15) is 50.8 Å². The molecule has 14 nitrogen and oxygen atoms in total. The Kier molecular flexibility index (Phi) is 12.4. The minimum atomic E-state index is -4.06. The fraction of sp³-hybridized carbons (Fsp3) is 0.444. The summed E-state index contributed by atoms with van der Waals surface area (Å²) < 4.78 is 98.0. The summed E-state index contributed by atoms with van der Waals surface area (Å²) in [5.41, 5.74) is 1.07. The van der Waals surface area contributed by atoms with Crippen LogP contribution in [0.25, 0.3) is 0 Å². The van der Waals surface area contributed by atoms with E-state index in [0.29, 0.717) is 42.3 Å². The molecule has 0 aromatic heterocycles. The summed E-state index contributed by atoms with van der Waals surface area (Å²) in [6.07, 6.45) is -1.23. The van der Waals surface area contributed by atoms with Crippen LogP contribution in [0.3, 0.4) is 0 Å². The van der Waals surface area contributed by atoms with Crippen LogP contribution in [0.4, 0.5) is 4.79 Å². The third-order valence-electron chi connectivity index (χ3n) is 11.5. The predicted octanol–water partition coefficient (Wildman–Crippen LogP) is 6.56. The van der Waals surface area contributed by atoms with Gasteiger partial charge in [-0.15, -0.1) is 0 Å². The minimum absolute atomic E-state index is 0.0112. The molecule has 61 heavy (non-hydrogen) atoms. The van der Waals surface area contributed by atoms with E-state index in [9.17, 15) is 21.6 Å². The van der Waals surface area contributed by atoms with Crippen molar-refractivity contribution in [2.24, 2.45) is 11.8 Å². The summed E-state index contributed by atoms with van der Waals surface area (Å²) in [5.74, 6) is 1.12. The van der Waals surface area contributed by atoms with Crippen LogP contribution in [0, 0.1) is 11.8 Å². The van der Waals surface area contributed by atoms with Crippen LogP contribution < -0.4 is 14.2 Å². The van der Waals surface area contributed by atoms with Gasteiger partial charge in [0.1, 0.15) is 24.2 Å². The molecule has 4 aromatic carbocycles. The number of hydrogen-bond acceptors (Lipinski definition) is 12.